The summed E-state index contributed by atoms with van der Waals surface area (Å²) < 4.78 is 20.0. The molecule has 3 heterocycles. The predicted molar refractivity (Wildman–Crippen MR) is 201 cm³/mol. The molecule has 0 aliphatic carbocycles. The van der Waals surface area contributed by atoms with Gasteiger partial charge in [-0.25, -0.2) is 19.4 Å². The van der Waals surface area contributed by atoms with Crippen molar-refractivity contribution >= 4 is 54.0 Å². The van der Waals surface area contributed by atoms with Gasteiger partial charge in [0.2, 0.25) is 18.0 Å². The van der Waals surface area contributed by atoms with Crippen molar-refractivity contribution in [2.75, 3.05) is 6.61 Å². The predicted octanol–water partition coefficient (Wildman–Crippen LogP) is 3.14. The van der Waals surface area contributed by atoms with E-state index in [9.17, 15) is 33.6 Å². The van der Waals surface area contributed by atoms with E-state index < -0.39 is 63.7 Å². The fourth-order valence-corrected chi connectivity index (χ4v) is 8.13. The van der Waals surface area contributed by atoms with Crippen molar-refractivity contribution in [3.05, 3.63) is 119 Å². The SMILES string of the molecule is CCOC(=O)c1[nH]cnc1C(=O)NC(C(=O)N[C@@]1(C(=O)OCc2ccccc2)N2C(=O)[C@@H](NC=O)[C@H]2SC1(C)C)c1ccc(OC(=O)OCc2ccccc2)cc1. The van der Waals surface area contributed by atoms with Crippen LogP contribution in [-0.2, 0) is 46.6 Å². The Morgan fingerprint density at radius 3 is 2.16 bits per heavy atom. The molecular weight excluding hydrogens is 761 g/mol. The van der Waals surface area contributed by atoms with Gasteiger partial charge < -0.3 is 39.9 Å². The summed E-state index contributed by atoms with van der Waals surface area (Å²) in [6.07, 6.45) is 0.489. The quantitative estimate of drug-likeness (QED) is 0.0447. The van der Waals surface area contributed by atoms with Crippen LogP contribution in [0.1, 0.15) is 64.5 Å². The van der Waals surface area contributed by atoms with Crippen LogP contribution in [0.5, 0.6) is 5.75 Å². The lowest BCUT2D eigenvalue weighted by atomic mass is 9.87. The highest BCUT2D eigenvalue weighted by atomic mass is 32.2. The fraction of sp³-hybridized carbons (Fsp3) is 0.282. The van der Waals surface area contributed by atoms with E-state index in [1.165, 1.54) is 24.3 Å². The number of rotatable bonds is 15. The molecule has 0 saturated carbocycles. The van der Waals surface area contributed by atoms with Crippen molar-refractivity contribution in [1.82, 2.24) is 30.8 Å². The summed E-state index contributed by atoms with van der Waals surface area (Å²) in [5.41, 5.74) is -1.32. The molecule has 2 aliphatic rings. The van der Waals surface area contributed by atoms with Gasteiger partial charge in [0, 0.05) is 0 Å². The average Bonchev–Trinajstić information content (AvgIpc) is 3.78. The number of carbonyl (C=O) groups is 7. The number of esters is 2. The lowest BCUT2D eigenvalue weighted by Crippen LogP contribution is -2.80. The smallest absolute Gasteiger partial charge is 0.461 e. The van der Waals surface area contributed by atoms with E-state index in [4.69, 9.17) is 18.9 Å². The summed E-state index contributed by atoms with van der Waals surface area (Å²) in [6.45, 7) is 4.62. The number of aromatic nitrogens is 2. The van der Waals surface area contributed by atoms with E-state index in [1.807, 2.05) is 6.07 Å². The second-order valence-electron chi connectivity index (χ2n) is 13.2. The number of hydrogen-bond acceptors (Lipinski definition) is 13. The molecule has 3 aromatic carbocycles. The molecule has 4 aromatic rings. The summed E-state index contributed by atoms with van der Waals surface area (Å²) in [5.74, 6) is -4.41. The number of H-pyrrole nitrogens is 1. The molecule has 2 fully saturated rings. The molecule has 0 spiro atoms. The van der Waals surface area contributed by atoms with Gasteiger partial charge in [0.05, 0.1) is 17.7 Å². The lowest BCUT2D eigenvalue weighted by Gasteiger charge is -2.50. The number of imidazole rings is 1. The maximum atomic E-state index is 14.7. The number of thioether (sulfide) groups is 1. The Labute approximate surface area is 330 Å². The summed E-state index contributed by atoms with van der Waals surface area (Å²) in [6, 6.07) is 20.6. The molecule has 0 bridgehead atoms. The fourth-order valence-electron chi connectivity index (χ4n) is 6.42. The van der Waals surface area contributed by atoms with Crippen LogP contribution in [0.3, 0.4) is 0 Å². The van der Waals surface area contributed by atoms with Gasteiger partial charge in [-0.1, -0.05) is 72.8 Å². The highest BCUT2D eigenvalue weighted by molar-refractivity contribution is 8.01. The molecule has 6 rings (SSSR count). The Morgan fingerprint density at radius 1 is 0.912 bits per heavy atom. The van der Waals surface area contributed by atoms with Crippen LogP contribution in [0.25, 0.3) is 0 Å². The zero-order valence-electron chi connectivity index (χ0n) is 30.9. The number of hydrogen-bond donors (Lipinski definition) is 4. The van der Waals surface area contributed by atoms with Gasteiger partial charge in [0.15, 0.2) is 11.4 Å². The van der Waals surface area contributed by atoms with Crippen molar-refractivity contribution in [3.8, 4) is 5.75 Å². The molecule has 1 unspecified atom stereocenters. The number of ether oxygens (including phenoxy) is 4. The van der Waals surface area contributed by atoms with Crippen molar-refractivity contribution in [1.29, 1.82) is 0 Å². The highest BCUT2D eigenvalue weighted by Gasteiger charge is 2.74. The van der Waals surface area contributed by atoms with Crippen molar-refractivity contribution in [3.63, 3.8) is 0 Å². The van der Waals surface area contributed by atoms with Crippen molar-refractivity contribution in [2.45, 2.75) is 61.9 Å². The first-order valence-corrected chi connectivity index (χ1v) is 18.5. The summed E-state index contributed by atoms with van der Waals surface area (Å²) in [4.78, 5) is 101. The zero-order chi connectivity index (χ0) is 40.7. The first-order chi connectivity index (χ1) is 27.4. The second-order valence-corrected chi connectivity index (χ2v) is 14.9. The third-order valence-corrected chi connectivity index (χ3v) is 10.8. The lowest BCUT2D eigenvalue weighted by molar-refractivity contribution is -0.181. The number of nitrogens with one attached hydrogen (secondary N) is 4. The molecule has 0 radical (unpaired) electrons. The molecule has 4 amide bonds. The van der Waals surface area contributed by atoms with E-state index in [0.29, 0.717) is 12.0 Å². The Morgan fingerprint density at radius 2 is 1.54 bits per heavy atom. The number of nitrogens with zero attached hydrogens (tertiary/aromatic N) is 2. The molecule has 4 atom stereocenters. The topological polar surface area (TPSA) is 224 Å². The molecule has 57 heavy (non-hydrogen) atoms. The standard InChI is InChI=1S/C39H38N6O11S/c1-4-53-35(50)29-28(40-21-41-29)31(47)43-27(25-15-17-26(18-16-25)56-37(52)55-20-24-13-9-6-10-14-24)32(48)44-39(36(51)54-19-23-11-7-5-8-12-23)38(2,3)57-34-30(42-22-46)33(49)45(34)39/h5-18,21-22,27,30,34H,4,19-20H2,1-3H3,(H,40,41)(H,42,46)(H,43,47)(H,44,48)/t27?,30-,34-,39+/m1/s1. The number of β-lactam (4-membered cyclic amide) rings is 1. The molecule has 18 heteroatoms. The van der Waals surface area contributed by atoms with E-state index in [1.54, 1.807) is 75.4 Å². The van der Waals surface area contributed by atoms with Gasteiger partial charge in [-0.05, 0) is 49.6 Å². The number of benzene rings is 3. The number of fused-ring (bicyclic) bond motifs is 1. The minimum absolute atomic E-state index is 0.00779. The number of amides is 4. The van der Waals surface area contributed by atoms with Crippen LogP contribution in [0.4, 0.5) is 4.79 Å². The summed E-state index contributed by atoms with van der Waals surface area (Å²) in [7, 11) is 0. The van der Waals surface area contributed by atoms with Gasteiger partial charge in [0.25, 0.3) is 11.8 Å². The first kappa shape index (κ1) is 40.0. The molecule has 4 N–H and O–H groups in total. The first-order valence-electron chi connectivity index (χ1n) is 17.6. The van der Waals surface area contributed by atoms with E-state index in [-0.39, 0.29) is 42.5 Å². The monoisotopic (exact) mass is 798 g/mol. The van der Waals surface area contributed by atoms with Crippen LogP contribution in [0.2, 0.25) is 0 Å². The van der Waals surface area contributed by atoms with Gasteiger partial charge in [0.1, 0.15) is 36.4 Å². The van der Waals surface area contributed by atoms with Crippen molar-refractivity contribution in [2.24, 2.45) is 0 Å². The Hall–Kier alpha value is -6.69. The van der Waals surface area contributed by atoms with Crippen LogP contribution in [0, 0.1) is 0 Å². The minimum atomic E-state index is -2.16. The average molecular weight is 799 g/mol. The third kappa shape index (κ3) is 8.16. The zero-order valence-corrected chi connectivity index (χ0v) is 31.7. The number of carbonyl (C=O) groups excluding carboxylic acids is 7. The van der Waals surface area contributed by atoms with E-state index in [2.05, 4.69) is 25.9 Å². The molecule has 2 saturated heterocycles. The van der Waals surface area contributed by atoms with E-state index >= 15 is 0 Å². The molecule has 2 aliphatic heterocycles. The van der Waals surface area contributed by atoms with Gasteiger partial charge in [-0.2, -0.15) is 0 Å². The maximum Gasteiger partial charge on any atom is 0.514 e. The Bertz CT molecular complexity index is 2150. The second kappa shape index (κ2) is 17.0. The Kier molecular flexibility index (Phi) is 11.9. The minimum Gasteiger partial charge on any atom is -0.461 e. The van der Waals surface area contributed by atoms with Crippen LogP contribution >= 0.6 is 11.8 Å². The summed E-state index contributed by atoms with van der Waals surface area (Å²) in [5, 5.41) is 7.02. The third-order valence-electron chi connectivity index (χ3n) is 9.24. The molecule has 296 valence electrons. The van der Waals surface area contributed by atoms with Crippen LogP contribution in [-0.4, -0.2) is 85.5 Å². The Balaban J connectivity index is 1.32. The molecule has 17 nitrogen and oxygen atoms in total. The van der Waals surface area contributed by atoms with Crippen molar-refractivity contribution < 1.29 is 52.5 Å². The summed E-state index contributed by atoms with van der Waals surface area (Å²) >= 11 is 1.16. The molecular formula is C39H38N6O11S. The molecule has 1 aromatic heterocycles. The number of aromatic amines is 1. The highest BCUT2D eigenvalue weighted by Crippen LogP contribution is 2.56. The van der Waals surface area contributed by atoms with Gasteiger partial charge >= 0.3 is 18.1 Å². The van der Waals surface area contributed by atoms with Crippen LogP contribution < -0.4 is 20.7 Å². The maximum absolute atomic E-state index is 14.7. The van der Waals surface area contributed by atoms with Crippen LogP contribution in [0.15, 0.2) is 91.3 Å². The van der Waals surface area contributed by atoms with E-state index in [0.717, 1.165) is 28.6 Å². The van der Waals surface area contributed by atoms with Gasteiger partial charge in [-0.15, -0.1) is 11.8 Å². The van der Waals surface area contributed by atoms with Gasteiger partial charge in [-0.3, -0.25) is 24.1 Å². The largest absolute Gasteiger partial charge is 0.514 e. The normalized spacial score (nSPS) is 19.5.